The Morgan fingerprint density at radius 3 is 2.62 bits per heavy atom. The molecule has 2 rings (SSSR count). The molecule has 0 radical (unpaired) electrons. The highest BCUT2D eigenvalue weighted by atomic mass is 35.5. The average Bonchev–Trinajstić information content (AvgIpc) is 2.63. The number of aromatic nitrogens is 4. The molecule has 0 N–H and O–H groups in total. The second-order valence-corrected chi connectivity index (χ2v) is 4.32. The summed E-state index contributed by atoms with van der Waals surface area (Å²) < 4.78 is 1.77. The van der Waals surface area contributed by atoms with Gasteiger partial charge in [0.15, 0.2) is 0 Å². The minimum absolute atomic E-state index is 0.255. The predicted molar refractivity (Wildman–Crippen MR) is 63.3 cm³/mol. The van der Waals surface area contributed by atoms with Crippen LogP contribution in [0.3, 0.4) is 0 Å². The van der Waals surface area contributed by atoms with Crippen LogP contribution in [0.4, 0.5) is 0 Å². The Labute approximate surface area is 99.3 Å². The predicted octanol–water partition coefficient (Wildman–Crippen LogP) is 2.65. The van der Waals surface area contributed by atoms with Gasteiger partial charge in [0.25, 0.3) is 0 Å². The molecule has 0 spiro atoms. The summed E-state index contributed by atoms with van der Waals surface area (Å²) in [7, 11) is 1.88. The monoisotopic (exact) mass is 236 g/mol. The Hall–Kier alpha value is -1.42. The van der Waals surface area contributed by atoms with Crippen LogP contribution in [0.1, 0.15) is 25.6 Å². The second kappa shape index (κ2) is 4.22. The Morgan fingerprint density at radius 1 is 1.31 bits per heavy atom. The van der Waals surface area contributed by atoms with Crippen LogP contribution in [-0.2, 0) is 7.05 Å². The first-order valence-corrected chi connectivity index (χ1v) is 5.48. The van der Waals surface area contributed by atoms with Gasteiger partial charge >= 0.3 is 0 Å². The van der Waals surface area contributed by atoms with E-state index in [1.54, 1.807) is 16.9 Å². The molecule has 0 aliphatic rings. The van der Waals surface area contributed by atoms with Crippen molar-refractivity contribution in [2.75, 3.05) is 0 Å². The third-order valence-corrected chi connectivity index (χ3v) is 2.51. The van der Waals surface area contributed by atoms with Gasteiger partial charge in [-0.15, -0.1) is 0 Å². The van der Waals surface area contributed by atoms with Gasteiger partial charge in [-0.25, -0.2) is 9.97 Å². The van der Waals surface area contributed by atoms with E-state index in [1.165, 1.54) is 0 Å². The van der Waals surface area contributed by atoms with Gasteiger partial charge in [0, 0.05) is 25.2 Å². The van der Waals surface area contributed by atoms with Crippen LogP contribution in [-0.4, -0.2) is 19.7 Å². The zero-order chi connectivity index (χ0) is 11.7. The van der Waals surface area contributed by atoms with E-state index in [4.69, 9.17) is 11.6 Å². The molecule has 0 fully saturated rings. The highest BCUT2D eigenvalue weighted by Gasteiger charge is 2.10. The quantitative estimate of drug-likeness (QED) is 0.753. The van der Waals surface area contributed by atoms with E-state index in [-0.39, 0.29) is 5.92 Å². The summed E-state index contributed by atoms with van der Waals surface area (Å²) >= 11 is 5.98. The van der Waals surface area contributed by atoms with Crippen molar-refractivity contribution in [1.82, 2.24) is 19.7 Å². The smallest absolute Gasteiger partial charge is 0.133 e. The SMILES string of the molecule is CC(C)c1nc(Cl)cc(-c2ccnn2C)n1. The lowest BCUT2D eigenvalue weighted by Gasteiger charge is -2.07. The molecule has 0 bridgehead atoms. The number of rotatable bonds is 2. The van der Waals surface area contributed by atoms with Crippen molar-refractivity contribution in [1.29, 1.82) is 0 Å². The molecule has 2 aromatic heterocycles. The van der Waals surface area contributed by atoms with E-state index < -0.39 is 0 Å². The molecule has 0 atom stereocenters. The van der Waals surface area contributed by atoms with E-state index >= 15 is 0 Å². The molecule has 0 aromatic carbocycles. The Balaban J connectivity index is 2.54. The molecule has 5 heteroatoms. The van der Waals surface area contributed by atoms with Gasteiger partial charge in [-0.3, -0.25) is 4.68 Å². The fourth-order valence-electron chi connectivity index (χ4n) is 1.45. The lowest BCUT2D eigenvalue weighted by molar-refractivity contribution is 0.756. The van der Waals surface area contributed by atoms with E-state index in [0.717, 1.165) is 17.2 Å². The highest BCUT2D eigenvalue weighted by Crippen LogP contribution is 2.21. The lowest BCUT2D eigenvalue weighted by Crippen LogP contribution is -2.02. The molecule has 16 heavy (non-hydrogen) atoms. The largest absolute Gasteiger partial charge is 0.266 e. The Kier molecular flexibility index (Phi) is 2.92. The van der Waals surface area contributed by atoms with Crippen molar-refractivity contribution in [3.8, 4) is 11.4 Å². The number of hydrogen-bond acceptors (Lipinski definition) is 3. The minimum Gasteiger partial charge on any atom is -0.266 e. The summed E-state index contributed by atoms with van der Waals surface area (Å²) in [6, 6.07) is 3.66. The Morgan fingerprint density at radius 2 is 2.06 bits per heavy atom. The van der Waals surface area contributed by atoms with Crippen LogP contribution in [0.15, 0.2) is 18.3 Å². The van der Waals surface area contributed by atoms with Gasteiger partial charge in [0.05, 0.1) is 11.4 Å². The standard InChI is InChI=1S/C11H13ClN4/c1-7(2)11-14-8(6-10(12)15-11)9-4-5-13-16(9)3/h4-7H,1-3H3. The Bertz CT molecular complexity index is 504. The van der Waals surface area contributed by atoms with E-state index in [9.17, 15) is 0 Å². The zero-order valence-electron chi connectivity index (χ0n) is 9.48. The summed E-state index contributed by atoms with van der Waals surface area (Å²) in [5, 5.41) is 4.58. The van der Waals surface area contributed by atoms with E-state index in [2.05, 4.69) is 15.1 Å². The number of halogens is 1. The second-order valence-electron chi connectivity index (χ2n) is 3.93. The van der Waals surface area contributed by atoms with Gasteiger partial charge in [-0.05, 0) is 6.07 Å². The van der Waals surface area contributed by atoms with Gasteiger partial charge in [0.2, 0.25) is 0 Å². The minimum atomic E-state index is 0.255. The van der Waals surface area contributed by atoms with Crippen molar-refractivity contribution >= 4 is 11.6 Å². The third-order valence-electron chi connectivity index (χ3n) is 2.31. The van der Waals surface area contributed by atoms with Crippen molar-refractivity contribution in [2.45, 2.75) is 19.8 Å². The van der Waals surface area contributed by atoms with Gasteiger partial charge in [0.1, 0.15) is 11.0 Å². The summed E-state index contributed by atoms with van der Waals surface area (Å²) in [5.74, 6) is 1.01. The number of nitrogens with zero attached hydrogens (tertiary/aromatic N) is 4. The molecule has 0 aliphatic carbocycles. The van der Waals surface area contributed by atoms with Crippen LogP contribution in [0.2, 0.25) is 5.15 Å². The molecule has 0 amide bonds. The maximum atomic E-state index is 5.98. The lowest BCUT2D eigenvalue weighted by atomic mass is 10.2. The van der Waals surface area contributed by atoms with Gasteiger partial charge in [-0.2, -0.15) is 5.10 Å². The molecule has 0 saturated carbocycles. The van der Waals surface area contributed by atoms with Crippen LogP contribution >= 0.6 is 11.6 Å². The van der Waals surface area contributed by atoms with E-state index in [0.29, 0.717) is 5.15 Å². The van der Waals surface area contributed by atoms with Crippen LogP contribution < -0.4 is 0 Å². The molecule has 0 aliphatic heterocycles. The fraction of sp³-hybridized carbons (Fsp3) is 0.364. The molecule has 0 saturated heterocycles. The van der Waals surface area contributed by atoms with E-state index in [1.807, 2.05) is 27.0 Å². The number of aryl methyl sites for hydroxylation is 1. The average molecular weight is 237 g/mol. The fourth-order valence-corrected chi connectivity index (χ4v) is 1.64. The van der Waals surface area contributed by atoms with Crippen molar-refractivity contribution in [3.63, 3.8) is 0 Å². The van der Waals surface area contributed by atoms with Crippen LogP contribution in [0.25, 0.3) is 11.4 Å². The van der Waals surface area contributed by atoms with Crippen molar-refractivity contribution in [2.24, 2.45) is 7.05 Å². The summed E-state index contributed by atoms with van der Waals surface area (Å²) in [6.45, 7) is 4.08. The normalized spacial score (nSPS) is 11.1. The summed E-state index contributed by atoms with van der Waals surface area (Å²) in [6.07, 6.45) is 1.74. The topological polar surface area (TPSA) is 43.6 Å². The summed E-state index contributed by atoms with van der Waals surface area (Å²) in [5.41, 5.74) is 1.75. The van der Waals surface area contributed by atoms with Crippen molar-refractivity contribution < 1.29 is 0 Å². The molecular weight excluding hydrogens is 224 g/mol. The molecule has 0 unspecified atom stereocenters. The molecular formula is C11H13ClN4. The number of hydrogen-bond donors (Lipinski definition) is 0. The first-order valence-electron chi connectivity index (χ1n) is 5.11. The molecule has 2 aromatic rings. The molecule has 2 heterocycles. The maximum Gasteiger partial charge on any atom is 0.133 e. The molecule has 84 valence electrons. The van der Waals surface area contributed by atoms with Crippen LogP contribution in [0.5, 0.6) is 0 Å². The maximum absolute atomic E-state index is 5.98. The molecule has 4 nitrogen and oxygen atoms in total. The summed E-state index contributed by atoms with van der Waals surface area (Å²) in [4.78, 5) is 8.68. The van der Waals surface area contributed by atoms with Gasteiger partial charge < -0.3 is 0 Å². The van der Waals surface area contributed by atoms with Gasteiger partial charge in [-0.1, -0.05) is 25.4 Å². The highest BCUT2D eigenvalue weighted by molar-refractivity contribution is 6.29. The van der Waals surface area contributed by atoms with Crippen LogP contribution in [0, 0.1) is 0 Å². The third kappa shape index (κ3) is 2.07. The first kappa shape index (κ1) is 11.1. The first-order chi connectivity index (χ1) is 7.58. The zero-order valence-corrected chi connectivity index (χ0v) is 10.2. The van der Waals surface area contributed by atoms with Crippen molar-refractivity contribution in [3.05, 3.63) is 29.3 Å².